The molecule has 0 aliphatic carbocycles. The Morgan fingerprint density at radius 2 is 1.68 bits per heavy atom. The molecule has 9 heteroatoms. The van der Waals surface area contributed by atoms with Crippen molar-refractivity contribution in [3.63, 3.8) is 0 Å². The summed E-state index contributed by atoms with van der Waals surface area (Å²) in [6, 6.07) is 9.82. The third-order valence-electron chi connectivity index (χ3n) is 5.79. The van der Waals surface area contributed by atoms with Gasteiger partial charge >= 0.3 is 0 Å². The van der Waals surface area contributed by atoms with Crippen molar-refractivity contribution in [3.8, 4) is 22.8 Å². The van der Waals surface area contributed by atoms with Gasteiger partial charge in [-0.05, 0) is 37.4 Å². The van der Waals surface area contributed by atoms with E-state index >= 15 is 0 Å². The zero-order chi connectivity index (χ0) is 20.8. The Kier molecular flexibility index (Phi) is 4.13. The SMILES string of the molecule is CN1CCN(c2nccc3[nH]c(-c4n[nH]c5ccc(-c6ccncc6)nc45)nc23)CC1. The number of rotatable bonds is 3. The highest BCUT2D eigenvalue weighted by molar-refractivity contribution is 5.93. The largest absolute Gasteiger partial charge is 0.352 e. The lowest BCUT2D eigenvalue weighted by Gasteiger charge is -2.33. The van der Waals surface area contributed by atoms with Crippen molar-refractivity contribution in [2.75, 3.05) is 38.1 Å². The van der Waals surface area contributed by atoms with Crippen LogP contribution in [-0.4, -0.2) is 73.2 Å². The lowest BCUT2D eigenvalue weighted by molar-refractivity contribution is 0.312. The van der Waals surface area contributed by atoms with E-state index in [9.17, 15) is 0 Å². The van der Waals surface area contributed by atoms with E-state index in [4.69, 9.17) is 9.97 Å². The summed E-state index contributed by atoms with van der Waals surface area (Å²) in [5, 5.41) is 7.59. The molecule has 1 aliphatic rings. The predicted octanol–water partition coefficient (Wildman–Crippen LogP) is 2.71. The Bertz CT molecular complexity index is 1360. The topological polar surface area (TPSA) is 103 Å². The number of fused-ring (bicyclic) bond motifs is 2. The van der Waals surface area contributed by atoms with Crippen molar-refractivity contribution in [2.24, 2.45) is 0 Å². The molecule has 31 heavy (non-hydrogen) atoms. The van der Waals surface area contributed by atoms with Crippen molar-refractivity contribution < 1.29 is 0 Å². The number of nitrogens with one attached hydrogen (secondary N) is 2. The monoisotopic (exact) mass is 411 g/mol. The van der Waals surface area contributed by atoms with Gasteiger partial charge in [-0.1, -0.05) is 0 Å². The molecule has 5 aromatic rings. The molecule has 6 rings (SSSR count). The Morgan fingerprint density at radius 3 is 2.52 bits per heavy atom. The van der Waals surface area contributed by atoms with E-state index in [-0.39, 0.29) is 0 Å². The van der Waals surface area contributed by atoms with Crippen LogP contribution in [0.2, 0.25) is 0 Å². The van der Waals surface area contributed by atoms with Crippen LogP contribution in [0.5, 0.6) is 0 Å². The number of aromatic amines is 2. The molecule has 0 unspecified atom stereocenters. The fraction of sp³-hybridized carbons (Fsp3) is 0.227. The fourth-order valence-corrected chi connectivity index (χ4v) is 4.03. The normalized spacial score (nSPS) is 15.2. The number of piperazine rings is 1. The lowest BCUT2D eigenvalue weighted by Crippen LogP contribution is -2.44. The number of H-pyrrole nitrogens is 2. The minimum Gasteiger partial charge on any atom is -0.352 e. The second-order valence-corrected chi connectivity index (χ2v) is 7.81. The molecule has 2 N–H and O–H groups in total. The van der Waals surface area contributed by atoms with E-state index < -0.39 is 0 Å². The molecule has 0 aromatic carbocycles. The molecular weight excluding hydrogens is 390 g/mol. The molecule has 1 aliphatic heterocycles. The van der Waals surface area contributed by atoms with Crippen LogP contribution in [0.15, 0.2) is 48.9 Å². The molecule has 6 heterocycles. The van der Waals surface area contributed by atoms with Gasteiger partial charge in [-0.25, -0.2) is 15.0 Å². The van der Waals surface area contributed by atoms with Crippen molar-refractivity contribution in [3.05, 3.63) is 48.9 Å². The van der Waals surface area contributed by atoms with E-state index in [0.717, 1.165) is 65.3 Å². The van der Waals surface area contributed by atoms with Crippen LogP contribution in [0.1, 0.15) is 0 Å². The summed E-state index contributed by atoms with van der Waals surface area (Å²) in [6.07, 6.45) is 5.37. The second-order valence-electron chi connectivity index (χ2n) is 7.81. The lowest BCUT2D eigenvalue weighted by atomic mass is 10.1. The highest BCUT2D eigenvalue weighted by Gasteiger charge is 2.21. The van der Waals surface area contributed by atoms with E-state index in [1.807, 2.05) is 36.5 Å². The zero-order valence-electron chi connectivity index (χ0n) is 17.1. The summed E-state index contributed by atoms with van der Waals surface area (Å²) in [7, 11) is 2.15. The average Bonchev–Trinajstić information content (AvgIpc) is 3.43. The molecule has 0 amide bonds. The summed E-state index contributed by atoms with van der Waals surface area (Å²) >= 11 is 0. The number of aromatic nitrogens is 7. The van der Waals surface area contributed by atoms with Crippen molar-refractivity contribution in [1.82, 2.24) is 40.0 Å². The summed E-state index contributed by atoms with van der Waals surface area (Å²) in [4.78, 5) is 26.5. The number of likely N-dealkylation sites (N-methyl/N-ethyl adjacent to an activating group) is 1. The van der Waals surface area contributed by atoms with E-state index in [0.29, 0.717) is 11.5 Å². The second kappa shape index (κ2) is 7.13. The average molecular weight is 411 g/mol. The molecule has 0 atom stereocenters. The van der Waals surface area contributed by atoms with Gasteiger partial charge in [-0.15, -0.1) is 0 Å². The van der Waals surface area contributed by atoms with Gasteiger partial charge in [0.1, 0.15) is 11.0 Å². The number of hydrogen-bond donors (Lipinski definition) is 2. The van der Waals surface area contributed by atoms with Crippen LogP contribution < -0.4 is 4.90 Å². The van der Waals surface area contributed by atoms with Crippen LogP contribution in [0, 0.1) is 0 Å². The molecule has 0 bridgehead atoms. The quantitative estimate of drug-likeness (QED) is 0.471. The zero-order valence-corrected chi connectivity index (χ0v) is 17.1. The number of anilines is 1. The fourth-order valence-electron chi connectivity index (χ4n) is 4.03. The number of pyridine rings is 3. The Hall–Kier alpha value is -3.85. The molecular formula is C22H21N9. The highest BCUT2D eigenvalue weighted by Crippen LogP contribution is 2.30. The van der Waals surface area contributed by atoms with Gasteiger partial charge in [0.15, 0.2) is 17.3 Å². The van der Waals surface area contributed by atoms with Crippen molar-refractivity contribution in [2.45, 2.75) is 0 Å². The molecule has 154 valence electrons. The minimum absolute atomic E-state index is 0.684. The van der Waals surface area contributed by atoms with Crippen LogP contribution in [0.4, 0.5) is 5.82 Å². The van der Waals surface area contributed by atoms with E-state index in [1.165, 1.54) is 0 Å². The van der Waals surface area contributed by atoms with E-state index in [1.54, 1.807) is 12.4 Å². The van der Waals surface area contributed by atoms with Gasteiger partial charge < -0.3 is 14.8 Å². The van der Waals surface area contributed by atoms with Crippen LogP contribution >= 0.6 is 0 Å². The van der Waals surface area contributed by atoms with Crippen LogP contribution in [-0.2, 0) is 0 Å². The van der Waals surface area contributed by atoms with Gasteiger partial charge in [0, 0.05) is 50.3 Å². The third-order valence-corrected chi connectivity index (χ3v) is 5.79. The first kappa shape index (κ1) is 18.0. The Balaban J connectivity index is 1.44. The standard InChI is InChI=1S/C22H21N9/c1-30-10-12-31(13-11-30)22-19-16(6-9-24-22)26-21(27-19)20-18-17(28-29-20)3-2-15(25-18)14-4-7-23-8-5-14/h2-9H,10-13H2,1H3,(H,26,27)(H,28,29). The first-order valence-electron chi connectivity index (χ1n) is 10.3. The summed E-state index contributed by atoms with van der Waals surface area (Å²) < 4.78 is 0. The highest BCUT2D eigenvalue weighted by atomic mass is 15.3. The van der Waals surface area contributed by atoms with E-state index in [2.05, 4.69) is 42.0 Å². The smallest absolute Gasteiger partial charge is 0.161 e. The van der Waals surface area contributed by atoms with Gasteiger partial charge in [0.2, 0.25) is 0 Å². The molecule has 5 aromatic heterocycles. The van der Waals surface area contributed by atoms with Crippen LogP contribution in [0.3, 0.4) is 0 Å². The van der Waals surface area contributed by atoms with Gasteiger partial charge in [-0.3, -0.25) is 10.1 Å². The first-order valence-corrected chi connectivity index (χ1v) is 10.3. The number of hydrogen-bond acceptors (Lipinski definition) is 7. The van der Waals surface area contributed by atoms with Crippen LogP contribution in [0.25, 0.3) is 44.8 Å². The molecule has 9 nitrogen and oxygen atoms in total. The minimum atomic E-state index is 0.684. The molecule has 0 saturated carbocycles. The van der Waals surface area contributed by atoms with Gasteiger partial charge in [-0.2, -0.15) is 5.10 Å². The Morgan fingerprint density at radius 1 is 0.839 bits per heavy atom. The summed E-state index contributed by atoms with van der Waals surface area (Å²) in [5.41, 5.74) is 6.03. The maximum Gasteiger partial charge on any atom is 0.161 e. The van der Waals surface area contributed by atoms with Crippen molar-refractivity contribution in [1.29, 1.82) is 0 Å². The van der Waals surface area contributed by atoms with Crippen molar-refractivity contribution >= 4 is 27.9 Å². The molecule has 0 spiro atoms. The summed E-state index contributed by atoms with van der Waals surface area (Å²) in [6.45, 7) is 3.90. The third kappa shape index (κ3) is 3.10. The molecule has 1 saturated heterocycles. The molecule has 1 fully saturated rings. The van der Waals surface area contributed by atoms with Gasteiger partial charge in [0.25, 0.3) is 0 Å². The number of imidazole rings is 1. The maximum atomic E-state index is 4.90. The number of nitrogens with zero attached hydrogens (tertiary/aromatic N) is 7. The first-order chi connectivity index (χ1) is 15.3. The van der Waals surface area contributed by atoms with Gasteiger partial charge in [0.05, 0.1) is 16.7 Å². The predicted molar refractivity (Wildman–Crippen MR) is 120 cm³/mol. The maximum absolute atomic E-state index is 4.90. The molecule has 0 radical (unpaired) electrons. The Labute approximate surface area is 178 Å². The summed E-state index contributed by atoms with van der Waals surface area (Å²) in [5.74, 6) is 1.60.